The van der Waals surface area contributed by atoms with Gasteiger partial charge in [-0.3, -0.25) is 4.79 Å². The summed E-state index contributed by atoms with van der Waals surface area (Å²) in [5.74, 6) is -2.18. The molecule has 1 aromatic carbocycles. The average molecular weight is 307 g/mol. The van der Waals surface area contributed by atoms with Crippen molar-refractivity contribution >= 4 is 5.97 Å². The highest BCUT2D eigenvalue weighted by Gasteiger charge is 2.43. The van der Waals surface area contributed by atoms with E-state index in [4.69, 9.17) is 4.74 Å². The van der Waals surface area contributed by atoms with Gasteiger partial charge in [0.25, 0.3) is 0 Å². The van der Waals surface area contributed by atoms with Crippen LogP contribution < -0.4 is 0 Å². The Morgan fingerprint density at radius 1 is 1.50 bits per heavy atom. The number of ether oxygens (including phenoxy) is 1. The zero-order valence-corrected chi connectivity index (χ0v) is 12.4. The van der Waals surface area contributed by atoms with Crippen molar-refractivity contribution in [2.24, 2.45) is 5.92 Å². The zero-order chi connectivity index (χ0) is 16.2. The standard InChI is InChI=1S/C15H18FN3O3/c1-3-22-14(20)11(2)15(21,8-19-10-17-9-18-19)12-6-4-5-7-13(12)16/h4-7,9-11,21H,3,8H2,1-2H3. The predicted octanol–water partition coefficient (Wildman–Crippen LogP) is 1.50. The van der Waals surface area contributed by atoms with Gasteiger partial charge >= 0.3 is 5.97 Å². The van der Waals surface area contributed by atoms with Gasteiger partial charge in [-0.15, -0.1) is 0 Å². The quantitative estimate of drug-likeness (QED) is 0.818. The largest absolute Gasteiger partial charge is 0.466 e. The number of hydrogen-bond donors (Lipinski definition) is 1. The lowest BCUT2D eigenvalue weighted by Gasteiger charge is -2.33. The SMILES string of the molecule is CCOC(=O)C(C)C(O)(Cn1cncn1)c1ccccc1F. The van der Waals surface area contributed by atoms with Gasteiger partial charge in [0.2, 0.25) is 0 Å². The van der Waals surface area contributed by atoms with Gasteiger partial charge in [0.05, 0.1) is 19.1 Å². The average Bonchev–Trinajstić information content (AvgIpc) is 2.99. The molecule has 7 heteroatoms. The van der Waals surface area contributed by atoms with Crippen molar-refractivity contribution in [2.45, 2.75) is 26.0 Å². The van der Waals surface area contributed by atoms with Crippen LogP contribution in [0.5, 0.6) is 0 Å². The van der Waals surface area contributed by atoms with Crippen LogP contribution >= 0.6 is 0 Å². The molecule has 0 radical (unpaired) electrons. The number of esters is 1. The first kappa shape index (κ1) is 16.1. The predicted molar refractivity (Wildman–Crippen MR) is 76.1 cm³/mol. The molecule has 22 heavy (non-hydrogen) atoms. The van der Waals surface area contributed by atoms with E-state index in [0.717, 1.165) is 0 Å². The van der Waals surface area contributed by atoms with Gasteiger partial charge in [0.1, 0.15) is 24.1 Å². The van der Waals surface area contributed by atoms with Crippen molar-refractivity contribution in [1.82, 2.24) is 14.8 Å². The lowest BCUT2D eigenvalue weighted by molar-refractivity contribution is -0.159. The second kappa shape index (κ2) is 6.65. The van der Waals surface area contributed by atoms with Crippen molar-refractivity contribution in [2.75, 3.05) is 6.61 Å². The number of aliphatic hydroxyl groups is 1. The molecule has 0 saturated heterocycles. The zero-order valence-electron chi connectivity index (χ0n) is 12.4. The van der Waals surface area contributed by atoms with Crippen LogP contribution in [0, 0.1) is 11.7 Å². The molecule has 0 aliphatic heterocycles. The lowest BCUT2D eigenvalue weighted by atomic mass is 9.81. The molecule has 2 unspecified atom stereocenters. The molecule has 0 aliphatic carbocycles. The molecule has 1 N–H and O–H groups in total. The van der Waals surface area contributed by atoms with Gasteiger partial charge in [0.15, 0.2) is 0 Å². The molecule has 1 aromatic heterocycles. The van der Waals surface area contributed by atoms with E-state index < -0.39 is 23.3 Å². The smallest absolute Gasteiger partial charge is 0.312 e. The van der Waals surface area contributed by atoms with E-state index in [1.54, 1.807) is 13.0 Å². The summed E-state index contributed by atoms with van der Waals surface area (Å²) < 4.78 is 20.5. The summed E-state index contributed by atoms with van der Waals surface area (Å²) in [4.78, 5) is 15.8. The Morgan fingerprint density at radius 2 is 2.23 bits per heavy atom. The third-order valence-electron chi connectivity index (χ3n) is 3.57. The van der Waals surface area contributed by atoms with E-state index in [2.05, 4.69) is 10.1 Å². The Bertz CT molecular complexity index is 633. The van der Waals surface area contributed by atoms with Crippen molar-refractivity contribution < 1.29 is 19.0 Å². The van der Waals surface area contributed by atoms with Crippen molar-refractivity contribution in [3.8, 4) is 0 Å². The summed E-state index contributed by atoms with van der Waals surface area (Å²) in [6, 6.07) is 5.80. The Morgan fingerprint density at radius 3 is 2.82 bits per heavy atom. The second-order valence-corrected chi connectivity index (χ2v) is 4.97. The van der Waals surface area contributed by atoms with Gasteiger partial charge in [-0.05, 0) is 19.9 Å². The Balaban J connectivity index is 2.44. The summed E-state index contributed by atoms with van der Waals surface area (Å²) in [5.41, 5.74) is -1.78. The fourth-order valence-corrected chi connectivity index (χ4v) is 2.29. The molecule has 0 amide bonds. The van der Waals surface area contributed by atoms with Gasteiger partial charge < -0.3 is 9.84 Å². The van der Waals surface area contributed by atoms with Gasteiger partial charge in [-0.2, -0.15) is 5.10 Å². The number of aromatic nitrogens is 3. The first-order chi connectivity index (χ1) is 10.5. The van der Waals surface area contributed by atoms with E-state index in [1.807, 2.05) is 0 Å². The number of nitrogens with zero attached hydrogens (tertiary/aromatic N) is 3. The highest BCUT2D eigenvalue weighted by molar-refractivity contribution is 5.73. The van der Waals surface area contributed by atoms with E-state index in [9.17, 15) is 14.3 Å². The van der Waals surface area contributed by atoms with Gasteiger partial charge in [0, 0.05) is 5.56 Å². The number of benzene rings is 1. The lowest BCUT2D eigenvalue weighted by Crippen LogP contribution is -2.43. The topological polar surface area (TPSA) is 77.2 Å². The number of carbonyl (C=O) groups excluding carboxylic acids is 1. The molecule has 0 saturated carbocycles. The van der Waals surface area contributed by atoms with Crippen LogP contribution in [0.1, 0.15) is 19.4 Å². The molecule has 6 nitrogen and oxygen atoms in total. The summed E-state index contributed by atoms with van der Waals surface area (Å²) in [6.45, 7) is 3.24. The van der Waals surface area contributed by atoms with Crippen LogP contribution in [0.15, 0.2) is 36.9 Å². The fraction of sp³-hybridized carbons (Fsp3) is 0.400. The van der Waals surface area contributed by atoms with Gasteiger partial charge in [-0.1, -0.05) is 18.2 Å². The monoisotopic (exact) mass is 307 g/mol. The van der Waals surface area contributed by atoms with Crippen LogP contribution in [0.3, 0.4) is 0 Å². The third kappa shape index (κ3) is 3.14. The van der Waals surface area contributed by atoms with Crippen LogP contribution in [-0.4, -0.2) is 32.4 Å². The molecular weight excluding hydrogens is 289 g/mol. The molecule has 0 spiro atoms. The summed E-state index contributed by atoms with van der Waals surface area (Å²) in [7, 11) is 0. The van der Waals surface area contributed by atoms with Gasteiger partial charge in [-0.25, -0.2) is 14.1 Å². The fourth-order valence-electron chi connectivity index (χ4n) is 2.29. The summed E-state index contributed by atoms with van der Waals surface area (Å²) >= 11 is 0. The minimum Gasteiger partial charge on any atom is -0.466 e. The first-order valence-corrected chi connectivity index (χ1v) is 6.95. The molecule has 2 rings (SSSR count). The maximum atomic E-state index is 14.2. The molecule has 0 aliphatic rings. The highest BCUT2D eigenvalue weighted by atomic mass is 19.1. The van der Waals surface area contributed by atoms with Crippen molar-refractivity contribution in [1.29, 1.82) is 0 Å². The number of rotatable bonds is 6. The molecule has 0 fully saturated rings. The molecule has 118 valence electrons. The van der Waals surface area contributed by atoms with Crippen LogP contribution in [0.2, 0.25) is 0 Å². The second-order valence-electron chi connectivity index (χ2n) is 4.97. The Hall–Kier alpha value is -2.28. The minimum absolute atomic E-state index is 0.0195. The molecule has 2 atom stereocenters. The maximum absolute atomic E-state index is 14.2. The molecule has 2 aromatic rings. The summed E-state index contributed by atoms with van der Waals surface area (Å²) in [5, 5.41) is 15.0. The molecule has 1 heterocycles. The van der Waals surface area contributed by atoms with Crippen LogP contribution in [0.25, 0.3) is 0 Å². The third-order valence-corrected chi connectivity index (χ3v) is 3.57. The van der Waals surface area contributed by atoms with Crippen molar-refractivity contribution in [3.63, 3.8) is 0 Å². The van der Waals surface area contributed by atoms with Crippen LogP contribution in [0.4, 0.5) is 4.39 Å². The highest BCUT2D eigenvalue weighted by Crippen LogP contribution is 2.34. The maximum Gasteiger partial charge on any atom is 0.312 e. The summed E-state index contributed by atoms with van der Waals surface area (Å²) in [6.07, 6.45) is 2.69. The molecule has 0 bridgehead atoms. The van der Waals surface area contributed by atoms with E-state index in [0.29, 0.717) is 0 Å². The number of carbonyl (C=O) groups is 1. The van der Waals surface area contributed by atoms with E-state index in [1.165, 1.54) is 42.5 Å². The molecular formula is C15H18FN3O3. The van der Waals surface area contributed by atoms with E-state index in [-0.39, 0.29) is 18.7 Å². The Kier molecular flexibility index (Phi) is 4.87. The minimum atomic E-state index is -1.80. The number of halogens is 1. The van der Waals surface area contributed by atoms with E-state index >= 15 is 0 Å². The number of hydrogen-bond acceptors (Lipinski definition) is 5. The normalized spacial score (nSPS) is 15.1. The first-order valence-electron chi connectivity index (χ1n) is 6.95. The van der Waals surface area contributed by atoms with Crippen LogP contribution in [-0.2, 0) is 21.7 Å². The van der Waals surface area contributed by atoms with Crippen molar-refractivity contribution in [3.05, 3.63) is 48.3 Å². The Labute approximate surface area is 127 Å².